The quantitative estimate of drug-likeness (QED) is 0.201. The van der Waals surface area contributed by atoms with Crippen molar-refractivity contribution in [2.75, 3.05) is 19.8 Å². The number of H-pyrrole nitrogens is 1. The zero-order chi connectivity index (χ0) is 23.1. The van der Waals surface area contributed by atoms with Gasteiger partial charge in [-0.2, -0.15) is 4.39 Å². The molecule has 8 N–H and O–H groups in total. The summed E-state index contributed by atoms with van der Waals surface area (Å²) < 4.78 is 30.2. The topological polar surface area (TPSA) is 224 Å². The monoisotopic (exact) mass is 454 g/mol. The Labute approximate surface area is 172 Å². The van der Waals surface area contributed by atoms with Gasteiger partial charge >= 0.3 is 5.69 Å². The minimum absolute atomic E-state index is 0.383. The van der Waals surface area contributed by atoms with Crippen molar-refractivity contribution < 1.29 is 54.3 Å². The molecule has 1 aromatic rings. The molecule has 14 nitrogen and oxygen atoms in total. The van der Waals surface area contributed by atoms with E-state index in [1.165, 1.54) is 0 Å². The van der Waals surface area contributed by atoms with E-state index in [4.69, 9.17) is 14.2 Å². The summed E-state index contributed by atoms with van der Waals surface area (Å²) in [6.45, 7) is -2.74. The van der Waals surface area contributed by atoms with Gasteiger partial charge in [0.2, 0.25) is 11.5 Å². The number of halogens is 1. The minimum Gasteiger partial charge on any atom is -0.394 e. The molecule has 1 unspecified atom stereocenters. The van der Waals surface area contributed by atoms with Crippen LogP contribution in [-0.2, 0) is 19.9 Å². The largest absolute Gasteiger partial charge is 0.394 e. The number of ether oxygens (including phenoxy) is 3. The van der Waals surface area contributed by atoms with Gasteiger partial charge in [-0.15, -0.1) is 0 Å². The first kappa shape index (κ1) is 23.9. The van der Waals surface area contributed by atoms with Gasteiger partial charge in [-0.1, -0.05) is 0 Å². The fourth-order valence-corrected chi connectivity index (χ4v) is 3.63. The number of nitrogens with zero attached hydrogens (tertiary/aromatic N) is 1. The van der Waals surface area contributed by atoms with Crippen LogP contribution in [0, 0.1) is 5.82 Å². The summed E-state index contributed by atoms with van der Waals surface area (Å²) in [6.07, 6.45) is -13.1. The van der Waals surface area contributed by atoms with Crippen molar-refractivity contribution in [3.63, 3.8) is 0 Å². The van der Waals surface area contributed by atoms with Crippen molar-refractivity contribution in [2.24, 2.45) is 0 Å². The fourth-order valence-electron chi connectivity index (χ4n) is 3.63. The van der Waals surface area contributed by atoms with Gasteiger partial charge < -0.3 is 50.0 Å². The van der Waals surface area contributed by atoms with Gasteiger partial charge in [0.1, 0.15) is 42.7 Å². The number of hydrogen-bond acceptors (Lipinski definition) is 12. The average Bonchev–Trinajstić information content (AvgIpc) is 3.03. The van der Waals surface area contributed by atoms with Crippen LogP contribution in [0.4, 0.5) is 4.39 Å². The van der Waals surface area contributed by atoms with E-state index in [-0.39, 0.29) is 0 Å². The van der Waals surface area contributed by atoms with E-state index in [9.17, 15) is 49.7 Å². The summed E-state index contributed by atoms with van der Waals surface area (Å²) in [4.78, 5) is 25.1. The van der Waals surface area contributed by atoms with Crippen LogP contribution in [0.2, 0.25) is 0 Å². The van der Waals surface area contributed by atoms with Crippen LogP contribution in [0.5, 0.6) is 0 Å². The first-order valence-corrected chi connectivity index (χ1v) is 9.16. The number of aliphatic hydroxyl groups is 7. The van der Waals surface area contributed by atoms with Gasteiger partial charge in [0, 0.05) is 0 Å². The Balaban J connectivity index is 1.95. The van der Waals surface area contributed by atoms with Crippen molar-refractivity contribution in [3.05, 3.63) is 32.9 Å². The molecule has 2 fully saturated rings. The van der Waals surface area contributed by atoms with Gasteiger partial charge in [-0.3, -0.25) is 14.3 Å². The highest BCUT2D eigenvalue weighted by molar-refractivity contribution is 5.04. The normalized spacial score (nSPS) is 40.9. The van der Waals surface area contributed by atoms with Crippen LogP contribution in [0.25, 0.3) is 0 Å². The van der Waals surface area contributed by atoms with Crippen molar-refractivity contribution in [1.82, 2.24) is 9.55 Å². The summed E-state index contributed by atoms with van der Waals surface area (Å²) >= 11 is 0. The van der Waals surface area contributed by atoms with E-state index >= 15 is 0 Å². The van der Waals surface area contributed by atoms with E-state index in [1.807, 2.05) is 0 Å². The highest BCUT2D eigenvalue weighted by Crippen LogP contribution is 2.37. The van der Waals surface area contributed by atoms with Crippen LogP contribution in [0.1, 0.15) is 0 Å². The molecule has 0 radical (unpaired) electrons. The lowest BCUT2D eigenvalue weighted by atomic mass is 9.98. The number of nitrogens with one attached hydrogen (secondary N) is 1. The van der Waals surface area contributed by atoms with E-state index < -0.39 is 91.6 Å². The van der Waals surface area contributed by atoms with Gasteiger partial charge in [0.15, 0.2) is 6.29 Å². The predicted molar refractivity (Wildman–Crippen MR) is 92.9 cm³/mol. The third kappa shape index (κ3) is 3.93. The Kier molecular flexibility index (Phi) is 6.92. The summed E-state index contributed by atoms with van der Waals surface area (Å²) in [7, 11) is 0. The van der Waals surface area contributed by atoms with Gasteiger partial charge in [0.25, 0.3) is 5.56 Å². The van der Waals surface area contributed by atoms with Crippen LogP contribution in [0.15, 0.2) is 15.8 Å². The lowest BCUT2D eigenvalue weighted by Crippen LogP contribution is -2.61. The maximum Gasteiger partial charge on any atom is 0.331 e. The Bertz CT molecular complexity index is 892. The molecule has 176 valence electrons. The Morgan fingerprint density at radius 2 is 1.71 bits per heavy atom. The number of rotatable bonds is 6. The number of aromatic amines is 1. The lowest BCUT2D eigenvalue weighted by molar-refractivity contribution is -0.318. The molecule has 31 heavy (non-hydrogen) atoms. The van der Waals surface area contributed by atoms with Crippen molar-refractivity contribution in [2.45, 2.75) is 54.7 Å². The molecule has 0 spiro atoms. The molecule has 0 amide bonds. The fraction of sp³-hybridized carbons (Fsp3) is 0.750. The smallest absolute Gasteiger partial charge is 0.331 e. The average molecular weight is 454 g/mol. The molecular formula is C16H23FN2O12. The molecule has 3 rings (SSSR count). The van der Waals surface area contributed by atoms with Crippen LogP contribution in [0.3, 0.4) is 0 Å². The van der Waals surface area contributed by atoms with E-state index in [0.29, 0.717) is 10.8 Å². The summed E-state index contributed by atoms with van der Waals surface area (Å²) in [5, 5.41) is 69.4. The molecule has 15 heteroatoms. The molecule has 9 atom stereocenters. The standard InChI is InChI=1S/C16H23FN2O12/c17-5-1-19(15(28)18-13(5)27)16(4-22)12(26)11(7(3-21)31-16)30-14-10(25)9(24)8(23)6(2-20)29-14/h1,6-12,14,20-26H,2-4H2,(H,18,27,28)/t6-,7-,8+,9+,10-,11-,12+,14+,16?/m1/s1. The van der Waals surface area contributed by atoms with E-state index in [0.717, 1.165) is 0 Å². The maximum absolute atomic E-state index is 13.8. The number of aromatic nitrogens is 2. The lowest BCUT2D eigenvalue weighted by Gasteiger charge is -2.41. The van der Waals surface area contributed by atoms with E-state index in [2.05, 4.69) is 0 Å². The minimum atomic E-state index is -2.41. The number of aliphatic hydroxyl groups excluding tert-OH is 7. The third-order valence-electron chi connectivity index (χ3n) is 5.35. The van der Waals surface area contributed by atoms with Gasteiger partial charge in [-0.25, -0.2) is 4.79 Å². The summed E-state index contributed by atoms with van der Waals surface area (Å²) in [6, 6.07) is 0. The molecule has 2 aliphatic rings. The summed E-state index contributed by atoms with van der Waals surface area (Å²) in [5.41, 5.74) is -5.01. The SMILES string of the molecule is O=c1[nH]c(=O)n(C2(CO)O[C@H](CO)[C@@H](O[C@@H]3O[C@H](CO)[C@H](O)[C@H](O)[C@H]3O)[C@@H]2O)cc1F. The zero-order valence-corrected chi connectivity index (χ0v) is 15.8. The van der Waals surface area contributed by atoms with E-state index in [1.54, 1.807) is 4.98 Å². The molecule has 2 saturated heterocycles. The molecular weight excluding hydrogens is 431 g/mol. The van der Waals surface area contributed by atoms with Crippen molar-refractivity contribution in [3.8, 4) is 0 Å². The van der Waals surface area contributed by atoms with Crippen molar-refractivity contribution in [1.29, 1.82) is 0 Å². The molecule has 3 heterocycles. The summed E-state index contributed by atoms with van der Waals surface area (Å²) in [5.74, 6) is -1.43. The first-order valence-electron chi connectivity index (χ1n) is 9.16. The highest BCUT2D eigenvalue weighted by atomic mass is 19.1. The third-order valence-corrected chi connectivity index (χ3v) is 5.35. The van der Waals surface area contributed by atoms with Gasteiger partial charge in [0.05, 0.1) is 26.0 Å². The van der Waals surface area contributed by atoms with Crippen LogP contribution in [-0.4, -0.2) is 114 Å². The molecule has 0 saturated carbocycles. The number of hydrogen-bond donors (Lipinski definition) is 8. The van der Waals surface area contributed by atoms with Gasteiger partial charge in [-0.05, 0) is 0 Å². The highest BCUT2D eigenvalue weighted by Gasteiger charge is 2.58. The second-order valence-electron chi connectivity index (χ2n) is 7.19. The first-order chi connectivity index (χ1) is 14.6. The second kappa shape index (κ2) is 8.99. The second-order valence-corrected chi connectivity index (χ2v) is 7.19. The molecule has 0 bridgehead atoms. The Morgan fingerprint density at radius 3 is 2.29 bits per heavy atom. The van der Waals surface area contributed by atoms with Crippen LogP contribution < -0.4 is 11.2 Å². The molecule has 0 aliphatic carbocycles. The maximum atomic E-state index is 13.8. The van der Waals surface area contributed by atoms with Crippen molar-refractivity contribution >= 4 is 0 Å². The van der Waals surface area contributed by atoms with Crippen LogP contribution >= 0.6 is 0 Å². The predicted octanol–water partition coefficient (Wildman–Crippen LogP) is -5.74. The zero-order valence-electron chi connectivity index (χ0n) is 15.8. The molecule has 1 aromatic heterocycles. The Morgan fingerprint density at radius 1 is 1.06 bits per heavy atom. The Hall–Kier alpha value is -1.79. The molecule has 2 aliphatic heterocycles. The molecule has 0 aromatic carbocycles.